The summed E-state index contributed by atoms with van der Waals surface area (Å²) in [4.78, 5) is 28.7. The monoisotopic (exact) mass is 469 g/mol. The van der Waals surface area contributed by atoms with Gasteiger partial charge in [0.15, 0.2) is 11.5 Å². The highest BCUT2D eigenvalue weighted by Crippen LogP contribution is 2.36. The van der Waals surface area contributed by atoms with Gasteiger partial charge < -0.3 is 18.9 Å². The van der Waals surface area contributed by atoms with Crippen molar-refractivity contribution in [2.24, 2.45) is 0 Å². The third-order valence-corrected chi connectivity index (χ3v) is 6.22. The van der Waals surface area contributed by atoms with E-state index in [2.05, 4.69) is 15.0 Å². The van der Waals surface area contributed by atoms with Crippen molar-refractivity contribution in [2.45, 2.75) is 25.3 Å². The molecule has 0 N–H and O–H groups in total. The van der Waals surface area contributed by atoms with Crippen LogP contribution in [0.3, 0.4) is 0 Å². The van der Waals surface area contributed by atoms with Crippen molar-refractivity contribution in [3.05, 3.63) is 96.5 Å². The molecule has 35 heavy (non-hydrogen) atoms. The molecule has 3 heterocycles. The van der Waals surface area contributed by atoms with Gasteiger partial charge in [-0.25, -0.2) is 9.97 Å². The number of rotatable bonds is 7. The minimum atomic E-state index is 0.0203. The molecule has 0 spiro atoms. The first-order valence-electron chi connectivity index (χ1n) is 11.7. The van der Waals surface area contributed by atoms with Crippen molar-refractivity contribution in [3.8, 4) is 17.4 Å². The minimum Gasteiger partial charge on any atom is -0.493 e. The van der Waals surface area contributed by atoms with Crippen LogP contribution < -0.4 is 9.47 Å². The average Bonchev–Trinajstić information content (AvgIpc) is 3.42. The molecule has 0 radical (unpaired) electrons. The van der Waals surface area contributed by atoms with E-state index in [1.807, 2.05) is 64.2 Å². The second-order valence-electron chi connectivity index (χ2n) is 8.48. The van der Waals surface area contributed by atoms with Gasteiger partial charge in [-0.2, -0.15) is 0 Å². The summed E-state index contributed by atoms with van der Waals surface area (Å²) in [7, 11) is 1.61. The zero-order valence-corrected chi connectivity index (χ0v) is 19.6. The lowest BCUT2D eigenvalue weighted by atomic mass is 9.93. The summed E-state index contributed by atoms with van der Waals surface area (Å²) in [5.74, 6) is 1.69. The van der Waals surface area contributed by atoms with E-state index in [4.69, 9.17) is 9.47 Å². The van der Waals surface area contributed by atoms with Crippen LogP contribution >= 0.6 is 0 Å². The molecule has 0 saturated carbocycles. The number of hydrogen-bond donors (Lipinski definition) is 0. The van der Waals surface area contributed by atoms with Gasteiger partial charge >= 0.3 is 0 Å². The Morgan fingerprint density at radius 3 is 2.66 bits per heavy atom. The van der Waals surface area contributed by atoms with Crippen molar-refractivity contribution in [1.82, 2.24) is 24.4 Å². The van der Waals surface area contributed by atoms with Gasteiger partial charge in [-0.05, 0) is 36.6 Å². The number of carbonyl (C=O) groups is 1. The summed E-state index contributed by atoms with van der Waals surface area (Å²) in [5, 5.41) is 0. The molecule has 1 saturated heterocycles. The number of amides is 1. The molecule has 1 amide bonds. The molecule has 1 aliphatic heterocycles. The van der Waals surface area contributed by atoms with Crippen LogP contribution in [0.2, 0.25) is 0 Å². The highest BCUT2D eigenvalue weighted by molar-refractivity contribution is 5.95. The smallest absolute Gasteiger partial charge is 0.254 e. The lowest BCUT2D eigenvalue weighted by Crippen LogP contribution is -2.39. The number of ether oxygens (including phenoxy) is 2. The average molecular weight is 470 g/mol. The third-order valence-electron chi connectivity index (χ3n) is 6.22. The minimum absolute atomic E-state index is 0.0203. The van der Waals surface area contributed by atoms with Crippen LogP contribution in [0.15, 0.2) is 79.6 Å². The van der Waals surface area contributed by atoms with E-state index in [0.717, 1.165) is 24.1 Å². The topological polar surface area (TPSA) is 82.4 Å². The van der Waals surface area contributed by atoms with Gasteiger partial charge in [-0.15, -0.1) is 0 Å². The molecule has 0 bridgehead atoms. The van der Waals surface area contributed by atoms with Crippen molar-refractivity contribution in [3.63, 3.8) is 0 Å². The van der Waals surface area contributed by atoms with Gasteiger partial charge in [0.05, 0.1) is 13.4 Å². The Bertz CT molecular complexity index is 1290. The number of imidazole rings is 1. The van der Waals surface area contributed by atoms with Crippen LogP contribution in [0.1, 0.15) is 40.4 Å². The fraction of sp³-hybridized carbons (Fsp3) is 0.259. The summed E-state index contributed by atoms with van der Waals surface area (Å²) in [6, 6.07) is 15.2. The number of aromatic nitrogens is 4. The molecule has 8 nitrogen and oxygen atoms in total. The summed E-state index contributed by atoms with van der Waals surface area (Å²) in [6.45, 7) is 1.86. The Hall–Kier alpha value is -4.20. The predicted molar refractivity (Wildman–Crippen MR) is 131 cm³/mol. The normalized spacial score (nSPS) is 15.6. The quantitative estimate of drug-likeness (QED) is 0.395. The molecule has 178 valence electrons. The van der Waals surface area contributed by atoms with E-state index in [-0.39, 0.29) is 11.8 Å². The Kier molecular flexibility index (Phi) is 6.70. The second kappa shape index (κ2) is 10.4. The fourth-order valence-corrected chi connectivity index (χ4v) is 4.50. The summed E-state index contributed by atoms with van der Waals surface area (Å²) >= 11 is 0. The van der Waals surface area contributed by atoms with E-state index in [1.165, 1.54) is 0 Å². The molecule has 1 aliphatic rings. The van der Waals surface area contributed by atoms with Gasteiger partial charge in [-0.3, -0.25) is 9.78 Å². The number of piperidine rings is 1. The number of carbonyl (C=O) groups excluding carboxylic acids is 1. The molecule has 1 fully saturated rings. The van der Waals surface area contributed by atoms with Gasteiger partial charge in [-0.1, -0.05) is 30.3 Å². The standard InChI is InChI=1S/C27H27N5O3/c1-34-23-10-4-5-11-24(23)35-26-25(29-12-13-30-26)21-8-6-15-32(18-21)27(33)22-9-3-2-7-20(22)17-31-16-14-28-19-31/h2-5,7,9-14,16,19,21H,6,8,15,17-18H2,1H3. The maximum atomic E-state index is 13.6. The third kappa shape index (κ3) is 5.01. The molecule has 2 aromatic heterocycles. The van der Waals surface area contributed by atoms with Crippen LogP contribution in [0.25, 0.3) is 0 Å². The predicted octanol–water partition coefficient (Wildman–Crippen LogP) is 4.54. The SMILES string of the molecule is COc1ccccc1Oc1nccnc1C1CCCN(C(=O)c2ccccc2Cn2ccnc2)C1. The number of likely N-dealkylation sites (tertiary alicyclic amines) is 1. The van der Waals surface area contributed by atoms with Gasteiger partial charge in [0.25, 0.3) is 5.91 Å². The number of benzene rings is 2. The number of methoxy groups -OCH3 is 1. The second-order valence-corrected chi connectivity index (χ2v) is 8.48. The van der Waals surface area contributed by atoms with Crippen molar-refractivity contribution in [1.29, 1.82) is 0 Å². The molecule has 0 aliphatic carbocycles. The maximum Gasteiger partial charge on any atom is 0.254 e. The zero-order chi connectivity index (χ0) is 24.0. The van der Waals surface area contributed by atoms with Crippen LogP contribution in [-0.2, 0) is 6.54 Å². The van der Waals surface area contributed by atoms with Crippen LogP contribution in [0.5, 0.6) is 17.4 Å². The molecule has 1 unspecified atom stereocenters. The summed E-state index contributed by atoms with van der Waals surface area (Å²) < 4.78 is 13.5. The molecule has 4 aromatic rings. The highest BCUT2D eigenvalue weighted by atomic mass is 16.5. The largest absolute Gasteiger partial charge is 0.493 e. The lowest BCUT2D eigenvalue weighted by molar-refractivity contribution is 0.0703. The number of nitrogens with zero attached hydrogens (tertiary/aromatic N) is 5. The van der Waals surface area contributed by atoms with E-state index >= 15 is 0 Å². The number of para-hydroxylation sites is 2. The van der Waals surface area contributed by atoms with Crippen LogP contribution in [0, 0.1) is 0 Å². The van der Waals surface area contributed by atoms with E-state index in [1.54, 1.807) is 32.0 Å². The molecule has 2 aromatic carbocycles. The Labute approximate surface area is 204 Å². The summed E-state index contributed by atoms with van der Waals surface area (Å²) in [5.41, 5.74) is 2.44. The Morgan fingerprint density at radius 1 is 1.03 bits per heavy atom. The van der Waals surface area contributed by atoms with Crippen molar-refractivity contribution >= 4 is 5.91 Å². The van der Waals surface area contributed by atoms with Crippen molar-refractivity contribution < 1.29 is 14.3 Å². The highest BCUT2D eigenvalue weighted by Gasteiger charge is 2.30. The fourth-order valence-electron chi connectivity index (χ4n) is 4.50. The molecule has 1 atom stereocenters. The van der Waals surface area contributed by atoms with E-state index in [0.29, 0.717) is 42.6 Å². The van der Waals surface area contributed by atoms with Crippen LogP contribution in [-0.4, -0.2) is 50.5 Å². The first-order chi connectivity index (χ1) is 17.2. The first-order valence-corrected chi connectivity index (χ1v) is 11.7. The first kappa shape index (κ1) is 22.6. The molecule has 5 rings (SSSR count). The van der Waals surface area contributed by atoms with Crippen molar-refractivity contribution in [2.75, 3.05) is 20.2 Å². The van der Waals surface area contributed by atoms with Crippen LogP contribution in [0.4, 0.5) is 0 Å². The lowest BCUT2D eigenvalue weighted by Gasteiger charge is -2.33. The van der Waals surface area contributed by atoms with Gasteiger partial charge in [0.1, 0.15) is 5.69 Å². The summed E-state index contributed by atoms with van der Waals surface area (Å²) in [6.07, 6.45) is 10.5. The molecular weight excluding hydrogens is 442 g/mol. The van der Waals surface area contributed by atoms with E-state index < -0.39 is 0 Å². The van der Waals surface area contributed by atoms with E-state index in [9.17, 15) is 4.79 Å². The molecule has 8 heteroatoms. The van der Waals surface area contributed by atoms with Gasteiger partial charge in [0, 0.05) is 55.9 Å². The zero-order valence-electron chi connectivity index (χ0n) is 19.6. The maximum absolute atomic E-state index is 13.6. The Morgan fingerprint density at radius 2 is 1.83 bits per heavy atom. The van der Waals surface area contributed by atoms with Gasteiger partial charge in [0.2, 0.25) is 5.88 Å². The Balaban J connectivity index is 1.37. The number of hydrogen-bond acceptors (Lipinski definition) is 6. The molecular formula is C27H27N5O3.